The van der Waals surface area contributed by atoms with Gasteiger partial charge in [-0.15, -0.1) is 0 Å². The minimum atomic E-state index is 1.25. The van der Waals surface area contributed by atoms with Crippen molar-refractivity contribution in [3.8, 4) is 0 Å². The van der Waals surface area contributed by atoms with E-state index in [1.165, 1.54) is 92.6 Å². The summed E-state index contributed by atoms with van der Waals surface area (Å²) in [7, 11) is 0. The van der Waals surface area contributed by atoms with E-state index in [2.05, 4.69) is 159 Å². The molecule has 0 fully saturated rings. The molecule has 10 rings (SSSR count). The Hall–Kier alpha value is -5.20. The molecule has 0 spiro atoms. The summed E-state index contributed by atoms with van der Waals surface area (Å²) in [5.74, 6) is 0. The second-order valence-electron chi connectivity index (χ2n) is 11.5. The Morgan fingerprint density at radius 3 is 0.535 bits per heavy atom. The average molecular weight is 549 g/mol. The fourth-order valence-electron chi connectivity index (χ4n) is 7.16. The number of rotatable bonds is 0. The smallest absolute Gasteiger partial charge is 0.00264 e. The van der Waals surface area contributed by atoms with Gasteiger partial charge in [0.25, 0.3) is 0 Å². The van der Waals surface area contributed by atoms with Crippen LogP contribution in [0.3, 0.4) is 0 Å². The summed E-state index contributed by atoms with van der Waals surface area (Å²) in [4.78, 5) is 0. The number of benzene rings is 10. The molecular weight excluding hydrogens is 516 g/mol. The molecule has 0 aliphatic heterocycles. The maximum absolute atomic E-state index is 2.25. The van der Waals surface area contributed by atoms with E-state index < -0.39 is 0 Å². The van der Waals surface area contributed by atoms with Crippen LogP contribution in [-0.4, -0.2) is 0 Å². The molecule has 43 heavy (non-hydrogen) atoms. The van der Waals surface area contributed by atoms with Crippen LogP contribution in [0, 0.1) is 0 Å². The van der Waals surface area contributed by atoms with Gasteiger partial charge in [0.15, 0.2) is 0 Å². The summed E-state index contributed by atoms with van der Waals surface area (Å²) >= 11 is 0. The van der Waals surface area contributed by atoms with E-state index in [0.717, 1.165) is 0 Å². The highest BCUT2D eigenvalue weighted by molar-refractivity contribution is 6.34. The number of fused-ring (bicyclic) bond motifs is 4. The fraction of sp³-hybridized carbons (Fsp3) is 0.0698. The standard InChI is InChI=1S/2C20H12.C3H8/c2*1-5-13-6-2-11-17-18-12-4-8-14-7-3-10-16(20(14)18)15(9-1)19(13)17;1-3-2/h2*1-12H;3H2,1-2H3. The molecule has 0 N–H and O–H groups in total. The van der Waals surface area contributed by atoms with E-state index in [-0.39, 0.29) is 0 Å². The van der Waals surface area contributed by atoms with Crippen molar-refractivity contribution in [3.05, 3.63) is 146 Å². The van der Waals surface area contributed by atoms with Crippen molar-refractivity contribution in [2.24, 2.45) is 0 Å². The molecule has 0 saturated carbocycles. The molecule has 10 aromatic carbocycles. The van der Waals surface area contributed by atoms with E-state index >= 15 is 0 Å². The molecule has 204 valence electrons. The third kappa shape index (κ3) is 3.91. The Morgan fingerprint density at radius 2 is 0.395 bits per heavy atom. The lowest BCUT2D eigenvalue weighted by atomic mass is 9.90. The molecule has 0 heteroatoms. The van der Waals surface area contributed by atoms with E-state index in [9.17, 15) is 0 Å². The molecule has 0 aliphatic carbocycles. The van der Waals surface area contributed by atoms with Crippen LogP contribution in [0.25, 0.3) is 86.2 Å². The van der Waals surface area contributed by atoms with Crippen LogP contribution in [0.4, 0.5) is 0 Å². The molecule has 0 aromatic heterocycles. The molecule has 0 aliphatic rings. The van der Waals surface area contributed by atoms with Crippen LogP contribution in [0.5, 0.6) is 0 Å². The lowest BCUT2D eigenvalue weighted by Crippen LogP contribution is -1.85. The van der Waals surface area contributed by atoms with Gasteiger partial charge in [-0.3, -0.25) is 0 Å². The predicted octanol–water partition coefficient (Wildman–Crippen LogP) is 12.9. The van der Waals surface area contributed by atoms with Crippen molar-refractivity contribution in [2.75, 3.05) is 0 Å². The normalized spacial score (nSPS) is 11.6. The lowest BCUT2D eigenvalue weighted by molar-refractivity contribution is 1.09. The average Bonchev–Trinajstić information content (AvgIpc) is 3.06. The third-order valence-electron chi connectivity index (χ3n) is 8.78. The van der Waals surface area contributed by atoms with Crippen molar-refractivity contribution in [1.29, 1.82) is 0 Å². The van der Waals surface area contributed by atoms with Crippen molar-refractivity contribution in [2.45, 2.75) is 20.3 Å². The molecule has 0 amide bonds. The SMILES string of the molecule is CCC.c1cc2cccc3c4cccc5cccc(c(c1)c23)c54.c1cc2cccc3c4cccc5cccc(c(c1)c23)c54. The van der Waals surface area contributed by atoms with Gasteiger partial charge in [0.05, 0.1) is 0 Å². The topological polar surface area (TPSA) is 0 Å². The first-order valence-electron chi connectivity index (χ1n) is 15.4. The molecule has 0 nitrogen and oxygen atoms in total. The van der Waals surface area contributed by atoms with Crippen LogP contribution in [0.1, 0.15) is 20.3 Å². The summed E-state index contributed by atoms with van der Waals surface area (Å²) in [6.45, 7) is 4.25. The number of hydrogen-bond acceptors (Lipinski definition) is 0. The predicted molar refractivity (Wildman–Crippen MR) is 191 cm³/mol. The Kier molecular flexibility index (Phi) is 6.09. The molecule has 0 unspecified atom stereocenters. The molecular formula is C43H32. The second-order valence-corrected chi connectivity index (χ2v) is 11.5. The monoisotopic (exact) mass is 548 g/mol. The zero-order valence-electron chi connectivity index (χ0n) is 24.6. The van der Waals surface area contributed by atoms with Crippen molar-refractivity contribution >= 4 is 86.2 Å². The quantitative estimate of drug-likeness (QED) is 0.131. The summed E-state index contributed by atoms with van der Waals surface area (Å²) in [6.07, 6.45) is 1.25. The molecule has 0 heterocycles. The van der Waals surface area contributed by atoms with Crippen LogP contribution >= 0.6 is 0 Å². The zero-order valence-corrected chi connectivity index (χ0v) is 24.6. The van der Waals surface area contributed by atoms with E-state index in [0.29, 0.717) is 0 Å². The van der Waals surface area contributed by atoms with E-state index in [1.54, 1.807) is 0 Å². The van der Waals surface area contributed by atoms with Gasteiger partial charge >= 0.3 is 0 Å². The fourth-order valence-corrected chi connectivity index (χ4v) is 7.16. The maximum Gasteiger partial charge on any atom is -0.00264 e. The van der Waals surface area contributed by atoms with Gasteiger partial charge in [-0.25, -0.2) is 0 Å². The van der Waals surface area contributed by atoms with Crippen molar-refractivity contribution < 1.29 is 0 Å². The van der Waals surface area contributed by atoms with Gasteiger partial charge in [0.2, 0.25) is 0 Å². The Bertz CT molecular complexity index is 2030. The summed E-state index contributed by atoms with van der Waals surface area (Å²) in [6, 6.07) is 52.9. The minimum Gasteiger partial charge on any atom is -0.0656 e. The van der Waals surface area contributed by atoms with Gasteiger partial charge in [-0.2, -0.15) is 0 Å². The first-order valence-corrected chi connectivity index (χ1v) is 15.4. The Balaban J connectivity index is 0.000000119. The first-order chi connectivity index (χ1) is 21.3. The summed E-state index contributed by atoms with van der Waals surface area (Å²) < 4.78 is 0. The van der Waals surface area contributed by atoms with Crippen LogP contribution in [-0.2, 0) is 0 Å². The highest BCUT2D eigenvalue weighted by atomic mass is 14.2. The van der Waals surface area contributed by atoms with Gasteiger partial charge in [0.1, 0.15) is 0 Å². The van der Waals surface area contributed by atoms with Crippen LogP contribution in [0.15, 0.2) is 146 Å². The van der Waals surface area contributed by atoms with Gasteiger partial charge in [-0.05, 0) is 86.2 Å². The van der Waals surface area contributed by atoms with Crippen molar-refractivity contribution in [1.82, 2.24) is 0 Å². The van der Waals surface area contributed by atoms with Gasteiger partial charge < -0.3 is 0 Å². The highest BCUT2D eigenvalue weighted by Crippen LogP contribution is 2.41. The largest absolute Gasteiger partial charge is 0.0656 e. The number of hydrogen-bond donors (Lipinski definition) is 0. The molecule has 10 aromatic rings. The highest BCUT2D eigenvalue weighted by Gasteiger charge is 2.12. The zero-order chi connectivity index (χ0) is 28.9. The maximum atomic E-state index is 2.25. The third-order valence-corrected chi connectivity index (χ3v) is 8.78. The summed E-state index contributed by atoms with van der Waals surface area (Å²) in [5, 5.41) is 21.8. The molecule has 0 saturated heterocycles. The lowest BCUT2D eigenvalue weighted by Gasteiger charge is -2.13. The van der Waals surface area contributed by atoms with E-state index in [4.69, 9.17) is 0 Å². The van der Waals surface area contributed by atoms with Crippen LogP contribution in [0.2, 0.25) is 0 Å². The van der Waals surface area contributed by atoms with Gasteiger partial charge in [-0.1, -0.05) is 166 Å². The minimum absolute atomic E-state index is 1.25. The van der Waals surface area contributed by atoms with Gasteiger partial charge in [0, 0.05) is 0 Å². The van der Waals surface area contributed by atoms with Crippen LogP contribution < -0.4 is 0 Å². The molecule has 0 radical (unpaired) electrons. The van der Waals surface area contributed by atoms with Crippen molar-refractivity contribution in [3.63, 3.8) is 0 Å². The first kappa shape index (κ1) is 25.5. The Labute approximate surface area is 251 Å². The molecule has 0 atom stereocenters. The summed E-state index contributed by atoms with van der Waals surface area (Å²) in [5.41, 5.74) is 0. The van der Waals surface area contributed by atoms with E-state index in [1.807, 2.05) is 0 Å². The molecule has 0 bridgehead atoms. The Morgan fingerprint density at radius 1 is 0.256 bits per heavy atom. The second kappa shape index (κ2) is 10.3.